The maximum Gasteiger partial charge on any atom is 0.0663 e. The van der Waals surface area contributed by atoms with Crippen LogP contribution in [0, 0.1) is 17.8 Å². The third kappa shape index (κ3) is 2.21. The molecule has 0 saturated heterocycles. The van der Waals surface area contributed by atoms with E-state index in [1.165, 1.54) is 0 Å². The molecule has 3 heteroatoms. The minimum atomic E-state index is 0.384. The summed E-state index contributed by atoms with van der Waals surface area (Å²) in [6.45, 7) is 4.16. The molecule has 0 atom stereocenters. The molecule has 2 aromatic rings. The number of aromatic nitrogens is 2. The molecule has 0 aliphatic carbocycles. The first-order chi connectivity index (χ1) is 7.16. The van der Waals surface area contributed by atoms with Crippen molar-refractivity contribution in [1.82, 2.24) is 10.2 Å². The van der Waals surface area contributed by atoms with Gasteiger partial charge in [-0.2, -0.15) is 5.10 Å². The molecule has 0 amide bonds. The Morgan fingerprint density at radius 3 is 2.93 bits per heavy atom. The standard InChI is InChI=1S/C12H11BrN2/c1-8(2)3-4-9-6-12-10(5-11(9)13)7-14-15-12/h5-8H,1-2H3,(H,14,15). The molecular weight excluding hydrogens is 252 g/mol. The van der Waals surface area contributed by atoms with E-state index in [0.29, 0.717) is 5.92 Å². The van der Waals surface area contributed by atoms with Gasteiger partial charge in [0.2, 0.25) is 0 Å². The Bertz CT molecular complexity index is 543. The molecule has 1 N–H and O–H groups in total. The Hall–Kier alpha value is -1.27. The van der Waals surface area contributed by atoms with Crippen LogP contribution < -0.4 is 0 Å². The minimum absolute atomic E-state index is 0.384. The molecule has 1 aromatic heterocycles. The highest BCUT2D eigenvalue weighted by Gasteiger charge is 2.01. The van der Waals surface area contributed by atoms with Gasteiger partial charge >= 0.3 is 0 Å². The summed E-state index contributed by atoms with van der Waals surface area (Å²) in [4.78, 5) is 0. The summed E-state index contributed by atoms with van der Waals surface area (Å²) >= 11 is 3.51. The van der Waals surface area contributed by atoms with Crippen LogP contribution in [0.15, 0.2) is 22.8 Å². The molecule has 0 spiro atoms. The molecule has 0 aliphatic rings. The lowest BCUT2D eigenvalue weighted by molar-refractivity contribution is 0.866. The van der Waals surface area contributed by atoms with E-state index in [0.717, 1.165) is 20.9 Å². The van der Waals surface area contributed by atoms with E-state index < -0.39 is 0 Å². The van der Waals surface area contributed by atoms with E-state index in [9.17, 15) is 0 Å². The topological polar surface area (TPSA) is 28.7 Å². The van der Waals surface area contributed by atoms with Crippen LogP contribution in [0.2, 0.25) is 0 Å². The molecule has 0 unspecified atom stereocenters. The van der Waals surface area contributed by atoms with Gasteiger partial charge in [0.25, 0.3) is 0 Å². The number of hydrogen-bond acceptors (Lipinski definition) is 1. The van der Waals surface area contributed by atoms with Gasteiger partial charge in [0.1, 0.15) is 0 Å². The molecule has 76 valence electrons. The van der Waals surface area contributed by atoms with Crippen LogP contribution >= 0.6 is 15.9 Å². The predicted octanol–water partition coefficient (Wildman–Crippen LogP) is 3.33. The second-order valence-electron chi connectivity index (χ2n) is 3.71. The summed E-state index contributed by atoms with van der Waals surface area (Å²) < 4.78 is 1.02. The van der Waals surface area contributed by atoms with Crippen LogP contribution in [0.3, 0.4) is 0 Å². The summed E-state index contributed by atoms with van der Waals surface area (Å²) in [7, 11) is 0. The Kier molecular flexibility index (Phi) is 2.79. The number of rotatable bonds is 0. The van der Waals surface area contributed by atoms with E-state index >= 15 is 0 Å². The molecule has 0 bridgehead atoms. The fourth-order valence-electron chi connectivity index (χ4n) is 1.28. The zero-order valence-electron chi connectivity index (χ0n) is 8.63. The van der Waals surface area contributed by atoms with E-state index in [1.807, 2.05) is 12.1 Å². The summed E-state index contributed by atoms with van der Waals surface area (Å²) in [5, 5.41) is 8.02. The highest BCUT2D eigenvalue weighted by atomic mass is 79.9. The monoisotopic (exact) mass is 262 g/mol. The lowest BCUT2D eigenvalue weighted by Gasteiger charge is -1.97. The molecule has 0 saturated carbocycles. The van der Waals surface area contributed by atoms with Crippen LogP contribution in [-0.2, 0) is 0 Å². The van der Waals surface area contributed by atoms with Crippen molar-refractivity contribution in [2.45, 2.75) is 13.8 Å². The lowest BCUT2D eigenvalue weighted by atomic mass is 10.1. The van der Waals surface area contributed by atoms with Crippen molar-refractivity contribution in [2.24, 2.45) is 5.92 Å². The smallest absolute Gasteiger partial charge is 0.0663 e. The molecule has 0 aliphatic heterocycles. The second-order valence-corrected chi connectivity index (χ2v) is 4.57. The Balaban J connectivity index is 2.52. The SMILES string of the molecule is CC(C)C#Cc1cc2[nH]ncc2cc1Br. The fourth-order valence-corrected chi connectivity index (χ4v) is 1.74. The molecule has 0 fully saturated rings. The van der Waals surface area contributed by atoms with Crippen molar-refractivity contribution < 1.29 is 0 Å². The van der Waals surface area contributed by atoms with Crippen molar-refractivity contribution in [2.75, 3.05) is 0 Å². The quantitative estimate of drug-likeness (QED) is 0.725. The summed E-state index contributed by atoms with van der Waals surface area (Å²) in [6.07, 6.45) is 1.81. The van der Waals surface area contributed by atoms with Crippen molar-refractivity contribution in [1.29, 1.82) is 0 Å². The van der Waals surface area contributed by atoms with Crippen molar-refractivity contribution >= 4 is 26.8 Å². The number of aromatic amines is 1. The van der Waals surface area contributed by atoms with Gasteiger partial charge in [-0.1, -0.05) is 25.7 Å². The van der Waals surface area contributed by atoms with Crippen molar-refractivity contribution in [3.8, 4) is 11.8 Å². The zero-order valence-corrected chi connectivity index (χ0v) is 10.2. The van der Waals surface area contributed by atoms with Gasteiger partial charge in [-0.05, 0) is 28.1 Å². The van der Waals surface area contributed by atoms with Gasteiger partial charge < -0.3 is 0 Å². The zero-order chi connectivity index (χ0) is 10.8. The van der Waals surface area contributed by atoms with Crippen molar-refractivity contribution in [3.05, 3.63) is 28.4 Å². The number of benzene rings is 1. The van der Waals surface area contributed by atoms with Gasteiger partial charge in [-0.25, -0.2) is 0 Å². The second kappa shape index (κ2) is 4.08. The Morgan fingerprint density at radius 1 is 1.40 bits per heavy atom. The van der Waals surface area contributed by atoms with Crippen LogP contribution in [-0.4, -0.2) is 10.2 Å². The number of hydrogen-bond donors (Lipinski definition) is 1. The van der Waals surface area contributed by atoms with Gasteiger partial charge in [0.05, 0.1) is 11.7 Å². The maximum absolute atomic E-state index is 3.98. The van der Waals surface area contributed by atoms with E-state index in [-0.39, 0.29) is 0 Å². The van der Waals surface area contributed by atoms with Crippen LogP contribution in [0.4, 0.5) is 0 Å². The summed E-state index contributed by atoms with van der Waals surface area (Å²) in [5.74, 6) is 6.68. The maximum atomic E-state index is 3.98. The summed E-state index contributed by atoms with van der Waals surface area (Å²) in [5.41, 5.74) is 2.02. The normalized spacial score (nSPS) is 10.4. The van der Waals surface area contributed by atoms with Crippen molar-refractivity contribution in [3.63, 3.8) is 0 Å². The van der Waals surface area contributed by atoms with Crippen LogP contribution in [0.5, 0.6) is 0 Å². The van der Waals surface area contributed by atoms with Gasteiger partial charge in [-0.15, -0.1) is 0 Å². The molecular formula is C12H11BrN2. The highest BCUT2D eigenvalue weighted by molar-refractivity contribution is 9.10. The largest absolute Gasteiger partial charge is 0.278 e. The summed E-state index contributed by atoms with van der Waals surface area (Å²) in [6, 6.07) is 4.05. The molecule has 0 radical (unpaired) electrons. The molecule has 2 nitrogen and oxygen atoms in total. The number of halogens is 1. The third-order valence-electron chi connectivity index (χ3n) is 2.02. The van der Waals surface area contributed by atoms with Crippen LogP contribution in [0.1, 0.15) is 19.4 Å². The predicted molar refractivity (Wildman–Crippen MR) is 65.5 cm³/mol. The van der Waals surface area contributed by atoms with E-state index in [1.54, 1.807) is 6.20 Å². The molecule has 15 heavy (non-hydrogen) atoms. The number of fused-ring (bicyclic) bond motifs is 1. The Morgan fingerprint density at radius 2 is 2.20 bits per heavy atom. The first-order valence-electron chi connectivity index (χ1n) is 4.81. The molecule has 2 rings (SSSR count). The average molecular weight is 263 g/mol. The lowest BCUT2D eigenvalue weighted by Crippen LogP contribution is -1.82. The van der Waals surface area contributed by atoms with Gasteiger partial charge in [0.15, 0.2) is 0 Å². The first kappa shape index (κ1) is 10.3. The molecule has 1 aromatic carbocycles. The van der Waals surface area contributed by atoms with E-state index in [2.05, 4.69) is 51.8 Å². The molecule has 1 heterocycles. The third-order valence-corrected chi connectivity index (χ3v) is 2.68. The number of H-pyrrole nitrogens is 1. The number of nitrogens with zero attached hydrogens (tertiary/aromatic N) is 1. The first-order valence-corrected chi connectivity index (χ1v) is 5.60. The van der Waals surface area contributed by atoms with Gasteiger partial charge in [-0.3, -0.25) is 5.10 Å². The van der Waals surface area contributed by atoms with Crippen LogP contribution in [0.25, 0.3) is 10.9 Å². The Labute approximate surface area is 97.2 Å². The fraction of sp³-hybridized carbons (Fsp3) is 0.250. The van der Waals surface area contributed by atoms with Gasteiger partial charge in [0, 0.05) is 21.3 Å². The highest BCUT2D eigenvalue weighted by Crippen LogP contribution is 2.22. The average Bonchev–Trinajstić information content (AvgIpc) is 2.60. The van der Waals surface area contributed by atoms with E-state index in [4.69, 9.17) is 0 Å². The minimum Gasteiger partial charge on any atom is -0.278 e. The number of nitrogens with one attached hydrogen (secondary N) is 1.